The molecule has 5 nitrogen and oxygen atoms in total. The predicted molar refractivity (Wildman–Crippen MR) is 90.8 cm³/mol. The first-order valence-electron chi connectivity index (χ1n) is 7.97. The first-order chi connectivity index (χ1) is 11.7. The number of hydrogen-bond donors (Lipinski definition) is 0. The maximum Gasteiger partial charge on any atom is 0.308 e. The molecule has 0 bridgehead atoms. The zero-order valence-corrected chi connectivity index (χ0v) is 13.2. The number of fused-ring (bicyclic) bond motifs is 4. The lowest BCUT2D eigenvalue weighted by Crippen LogP contribution is -2.26. The number of nitrogens with zero attached hydrogens (tertiary/aromatic N) is 2. The molecule has 120 valence electrons. The maximum absolute atomic E-state index is 13.0. The molecule has 0 saturated carbocycles. The lowest BCUT2D eigenvalue weighted by Gasteiger charge is -2.15. The van der Waals surface area contributed by atoms with Crippen LogP contribution in [0.2, 0.25) is 0 Å². The average molecular weight is 320 g/mol. The van der Waals surface area contributed by atoms with E-state index < -0.39 is 0 Å². The van der Waals surface area contributed by atoms with Crippen molar-refractivity contribution in [2.45, 2.75) is 19.4 Å². The lowest BCUT2D eigenvalue weighted by atomic mass is 10.0. The van der Waals surface area contributed by atoms with E-state index in [1.165, 1.54) is 0 Å². The molecule has 0 N–H and O–H groups in total. The largest absolute Gasteiger partial charge is 0.466 e. The Hall–Kier alpha value is -2.95. The van der Waals surface area contributed by atoms with Crippen molar-refractivity contribution < 1.29 is 9.53 Å². The third-order valence-electron chi connectivity index (χ3n) is 4.35. The van der Waals surface area contributed by atoms with Gasteiger partial charge in [-0.05, 0) is 24.6 Å². The summed E-state index contributed by atoms with van der Waals surface area (Å²) in [5.41, 5.74) is 2.38. The topological polar surface area (TPSA) is 61.2 Å². The summed E-state index contributed by atoms with van der Waals surface area (Å²) in [6, 6.07) is 14.6. The molecule has 0 amide bonds. The van der Waals surface area contributed by atoms with Crippen LogP contribution in [-0.2, 0) is 9.53 Å². The van der Waals surface area contributed by atoms with Gasteiger partial charge in [0, 0.05) is 5.56 Å². The van der Waals surface area contributed by atoms with Gasteiger partial charge in [0.15, 0.2) is 0 Å². The molecule has 24 heavy (non-hydrogen) atoms. The molecule has 1 atom stereocenters. The van der Waals surface area contributed by atoms with E-state index in [9.17, 15) is 9.59 Å². The molecule has 1 aliphatic heterocycles. The molecule has 1 unspecified atom stereocenters. The van der Waals surface area contributed by atoms with E-state index in [4.69, 9.17) is 4.74 Å². The number of ether oxygens (including phenoxy) is 1. The van der Waals surface area contributed by atoms with Crippen LogP contribution in [0, 0.1) is 0 Å². The van der Waals surface area contributed by atoms with Gasteiger partial charge in [-0.3, -0.25) is 14.2 Å². The molecule has 0 spiro atoms. The summed E-state index contributed by atoms with van der Waals surface area (Å²) in [4.78, 5) is 29.7. The zero-order chi connectivity index (χ0) is 16.7. The molecule has 2 heterocycles. The number of benzene rings is 2. The number of rotatable bonds is 3. The Morgan fingerprint density at radius 1 is 1.17 bits per heavy atom. The molecule has 0 radical (unpaired) electrons. The van der Waals surface area contributed by atoms with E-state index in [1.54, 1.807) is 17.6 Å². The molecule has 2 aromatic carbocycles. The van der Waals surface area contributed by atoms with Gasteiger partial charge < -0.3 is 4.74 Å². The summed E-state index contributed by atoms with van der Waals surface area (Å²) < 4.78 is 6.72. The Morgan fingerprint density at radius 2 is 1.92 bits per heavy atom. The zero-order valence-electron chi connectivity index (χ0n) is 13.2. The summed E-state index contributed by atoms with van der Waals surface area (Å²) in [6.07, 6.45) is 0.123. The Labute approximate surface area is 138 Å². The smallest absolute Gasteiger partial charge is 0.308 e. The summed E-state index contributed by atoms with van der Waals surface area (Å²) >= 11 is 0. The Balaban J connectivity index is 1.96. The maximum atomic E-state index is 13.0. The average Bonchev–Trinajstić information content (AvgIpc) is 2.90. The molecule has 4 rings (SSSR count). The molecule has 1 aliphatic rings. The van der Waals surface area contributed by atoms with E-state index >= 15 is 0 Å². The minimum Gasteiger partial charge on any atom is -0.466 e. The number of esters is 1. The molecule has 0 fully saturated rings. The van der Waals surface area contributed by atoms with Gasteiger partial charge in [-0.1, -0.05) is 36.4 Å². The van der Waals surface area contributed by atoms with Crippen LogP contribution < -0.4 is 5.56 Å². The molecular weight excluding hydrogens is 304 g/mol. The Morgan fingerprint density at radius 3 is 2.75 bits per heavy atom. The van der Waals surface area contributed by atoms with E-state index in [0.717, 1.165) is 11.1 Å². The van der Waals surface area contributed by atoms with Gasteiger partial charge in [0.1, 0.15) is 5.82 Å². The second-order valence-corrected chi connectivity index (χ2v) is 5.74. The van der Waals surface area contributed by atoms with Crippen molar-refractivity contribution >= 4 is 16.9 Å². The van der Waals surface area contributed by atoms with Gasteiger partial charge in [0.25, 0.3) is 5.56 Å². The van der Waals surface area contributed by atoms with E-state index in [1.807, 2.05) is 42.5 Å². The van der Waals surface area contributed by atoms with Crippen LogP contribution >= 0.6 is 0 Å². The minimum atomic E-state index is -0.375. The first kappa shape index (κ1) is 14.6. The predicted octanol–water partition coefficient (Wildman–Crippen LogP) is 2.92. The third kappa shape index (κ3) is 2.12. The van der Waals surface area contributed by atoms with Gasteiger partial charge in [-0.2, -0.15) is 0 Å². The molecule has 5 heteroatoms. The van der Waals surface area contributed by atoms with Crippen molar-refractivity contribution in [2.75, 3.05) is 6.61 Å². The van der Waals surface area contributed by atoms with Crippen molar-refractivity contribution in [1.82, 2.24) is 9.55 Å². The highest BCUT2D eigenvalue weighted by molar-refractivity contribution is 5.82. The fourth-order valence-corrected chi connectivity index (χ4v) is 3.33. The van der Waals surface area contributed by atoms with Crippen LogP contribution in [0.4, 0.5) is 0 Å². The van der Waals surface area contributed by atoms with Crippen LogP contribution in [0.5, 0.6) is 0 Å². The summed E-state index contributed by atoms with van der Waals surface area (Å²) in [7, 11) is 0. The van der Waals surface area contributed by atoms with Crippen molar-refractivity contribution in [1.29, 1.82) is 0 Å². The van der Waals surface area contributed by atoms with E-state index in [0.29, 0.717) is 23.3 Å². The molecule has 0 aliphatic carbocycles. The quantitative estimate of drug-likeness (QED) is 0.696. The van der Waals surface area contributed by atoms with Crippen LogP contribution in [-0.4, -0.2) is 22.1 Å². The lowest BCUT2D eigenvalue weighted by molar-refractivity contribution is -0.143. The van der Waals surface area contributed by atoms with Crippen LogP contribution in [0.25, 0.3) is 22.3 Å². The van der Waals surface area contributed by atoms with Gasteiger partial charge in [0.05, 0.1) is 30.0 Å². The van der Waals surface area contributed by atoms with Crippen LogP contribution in [0.3, 0.4) is 0 Å². The van der Waals surface area contributed by atoms with Gasteiger partial charge in [-0.15, -0.1) is 0 Å². The van der Waals surface area contributed by atoms with Crippen LogP contribution in [0.15, 0.2) is 53.3 Å². The summed E-state index contributed by atoms with van der Waals surface area (Å²) in [5.74, 6) is 0.300. The molecule has 1 aromatic heterocycles. The minimum absolute atomic E-state index is 0.123. The van der Waals surface area contributed by atoms with E-state index in [2.05, 4.69) is 4.98 Å². The first-order valence-corrected chi connectivity index (χ1v) is 7.97. The normalized spacial score (nSPS) is 15.1. The monoisotopic (exact) mass is 320 g/mol. The highest BCUT2D eigenvalue weighted by Crippen LogP contribution is 2.39. The summed E-state index contributed by atoms with van der Waals surface area (Å²) in [5, 5.41) is 0.558. The number of para-hydroxylation sites is 1. The van der Waals surface area contributed by atoms with Crippen molar-refractivity contribution in [2.24, 2.45) is 0 Å². The molecule has 3 aromatic rings. The standard InChI is InChI=1S/C19H16N2O3/c1-2-24-17(22)11-16-12-7-3-4-8-13(12)18-20-15-10-6-5-9-14(15)19(23)21(16)18/h3-10,16H,2,11H2,1H3. The van der Waals surface area contributed by atoms with Crippen molar-refractivity contribution in [3.8, 4) is 11.4 Å². The Kier molecular flexibility index (Phi) is 3.41. The van der Waals surface area contributed by atoms with Gasteiger partial charge in [-0.25, -0.2) is 4.98 Å². The van der Waals surface area contributed by atoms with Crippen molar-refractivity contribution in [3.05, 3.63) is 64.4 Å². The fourth-order valence-electron chi connectivity index (χ4n) is 3.33. The second kappa shape index (κ2) is 5.60. The molecular formula is C19H16N2O3. The van der Waals surface area contributed by atoms with Crippen molar-refractivity contribution in [3.63, 3.8) is 0 Å². The van der Waals surface area contributed by atoms with Crippen LogP contribution in [0.1, 0.15) is 24.9 Å². The highest BCUT2D eigenvalue weighted by Gasteiger charge is 2.32. The Bertz CT molecular complexity index is 1010. The van der Waals surface area contributed by atoms with Gasteiger partial charge in [0.2, 0.25) is 0 Å². The summed E-state index contributed by atoms with van der Waals surface area (Å²) in [6.45, 7) is 2.10. The molecule has 0 saturated heterocycles. The fraction of sp³-hybridized carbons (Fsp3) is 0.211. The number of aromatic nitrogens is 2. The second-order valence-electron chi connectivity index (χ2n) is 5.74. The highest BCUT2D eigenvalue weighted by atomic mass is 16.5. The number of carbonyl (C=O) groups excluding carboxylic acids is 1. The van der Waals surface area contributed by atoms with E-state index in [-0.39, 0.29) is 24.0 Å². The number of carbonyl (C=O) groups is 1. The van der Waals surface area contributed by atoms with Gasteiger partial charge >= 0.3 is 5.97 Å². The number of hydrogen-bond acceptors (Lipinski definition) is 4. The SMILES string of the molecule is CCOC(=O)CC1c2ccccc2-c2nc3ccccc3c(=O)n21. The third-order valence-corrected chi connectivity index (χ3v) is 4.35.